The van der Waals surface area contributed by atoms with Gasteiger partial charge in [-0.1, -0.05) is 30.3 Å². The van der Waals surface area contributed by atoms with Gasteiger partial charge in [-0.05, 0) is 0 Å². The van der Waals surface area contributed by atoms with E-state index < -0.39 is 0 Å². The van der Waals surface area contributed by atoms with Gasteiger partial charge in [-0.3, -0.25) is 0 Å². The van der Waals surface area contributed by atoms with Crippen LogP contribution < -0.4 is 5.73 Å². The van der Waals surface area contributed by atoms with Gasteiger partial charge in [0.2, 0.25) is 0 Å². The zero-order valence-corrected chi connectivity index (χ0v) is 10.5. The molecule has 0 aliphatic heterocycles. The highest BCUT2D eigenvalue weighted by atomic mass is 15.1. The largest absolute Gasteiger partial charge is 0.384 e. The van der Waals surface area contributed by atoms with Gasteiger partial charge in [-0.15, -0.1) is 0 Å². The average Bonchev–Trinajstić information content (AvgIpc) is 2.85. The molecule has 0 fully saturated rings. The quantitative estimate of drug-likeness (QED) is 0.757. The Labute approximate surface area is 110 Å². The highest BCUT2D eigenvalue weighted by molar-refractivity contribution is 5.65. The lowest BCUT2D eigenvalue weighted by Crippen LogP contribution is -2.00. The van der Waals surface area contributed by atoms with E-state index in [1.807, 2.05) is 41.9 Å². The number of anilines is 1. The van der Waals surface area contributed by atoms with Crippen LogP contribution in [0.15, 0.2) is 48.9 Å². The molecule has 2 aromatic heterocycles. The van der Waals surface area contributed by atoms with Gasteiger partial charge < -0.3 is 10.3 Å². The molecule has 0 amide bonds. The van der Waals surface area contributed by atoms with E-state index in [1.54, 1.807) is 18.6 Å². The zero-order chi connectivity index (χ0) is 13.2. The van der Waals surface area contributed by atoms with Gasteiger partial charge >= 0.3 is 0 Å². The van der Waals surface area contributed by atoms with Crippen LogP contribution in [0, 0.1) is 0 Å². The molecule has 2 heterocycles. The van der Waals surface area contributed by atoms with Crippen molar-refractivity contribution in [2.24, 2.45) is 7.05 Å². The van der Waals surface area contributed by atoms with Crippen molar-refractivity contribution in [3.8, 4) is 22.8 Å². The summed E-state index contributed by atoms with van der Waals surface area (Å²) < 4.78 is 1.86. The summed E-state index contributed by atoms with van der Waals surface area (Å²) in [4.78, 5) is 12.9. The van der Waals surface area contributed by atoms with E-state index in [1.165, 1.54) is 0 Å². The second kappa shape index (κ2) is 4.53. The molecule has 0 saturated heterocycles. The molecule has 3 aromatic rings. The third-order valence-corrected chi connectivity index (χ3v) is 2.86. The Morgan fingerprint density at radius 2 is 1.89 bits per heavy atom. The van der Waals surface area contributed by atoms with Gasteiger partial charge in [0, 0.05) is 18.7 Å². The number of nitrogens with two attached hydrogens (primary N) is 1. The minimum atomic E-state index is 0.449. The molecule has 0 spiro atoms. The van der Waals surface area contributed by atoms with Crippen LogP contribution in [0.25, 0.3) is 22.8 Å². The van der Waals surface area contributed by atoms with Crippen LogP contribution in [0.5, 0.6) is 0 Å². The second-order valence-electron chi connectivity index (χ2n) is 4.26. The van der Waals surface area contributed by atoms with Gasteiger partial charge in [0.15, 0.2) is 5.82 Å². The van der Waals surface area contributed by atoms with Crippen LogP contribution in [-0.4, -0.2) is 19.5 Å². The number of hydrogen-bond donors (Lipinski definition) is 1. The van der Waals surface area contributed by atoms with Crippen molar-refractivity contribution in [2.45, 2.75) is 0 Å². The number of rotatable bonds is 2. The van der Waals surface area contributed by atoms with E-state index in [0.29, 0.717) is 11.6 Å². The predicted molar refractivity (Wildman–Crippen MR) is 74.1 cm³/mol. The van der Waals surface area contributed by atoms with Gasteiger partial charge in [0.25, 0.3) is 0 Å². The first-order valence-electron chi connectivity index (χ1n) is 5.91. The molecule has 2 N–H and O–H groups in total. The molecule has 5 heteroatoms. The standard InChI is InChI=1S/C14H13N5/c1-19-9-16-8-12(19)14-17-11(7-13(15)18-14)10-5-3-2-4-6-10/h2-9H,1H3,(H2,15,17,18). The van der Waals surface area contributed by atoms with E-state index in [4.69, 9.17) is 5.73 Å². The Bertz CT molecular complexity index is 703. The number of nitrogen functional groups attached to an aromatic ring is 1. The maximum atomic E-state index is 5.87. The molecule has 1 aromatic carbocycles. The Morgan fingerprint density at radius 3 is 2.58 bits per heavy atom. The van der Waals surface area contributed by atoms with Gasteiger partial charge in [0.1, 0.15) is 11.5 Å². The summed E-state index contributed by atoms with van der Waals surface area (Å²) in [5.74, 6) is 1.03. The third kappa shape index (κ3) is 2.18. The van der Waals surface area contributed by atoms with Crippen molar-refractivity contribution in [1.29, 1.82) is 0 Å². The predicted octanol–water partition coefficient (Wildman–Crippen LogP) is 2.13. The fourth-order valence-electron chi connectivity index (χ4n) is 1.91. The van der Waals surface area contributed by atoms with Crippen LogP contribution in [-0.2, 0) is 7.05 Å². The summed E-state index contributed by atoms with van der Waals surface area (Å²) in [5.41, 5.74) is 8.53. The van der Waals surface area contributed by atoms with Crippen molar-refractivity contribution >= 4 is 5.82 Å². The molecular weight excluding hydrogens is 238 g/mol. The molecule has 0 aliphatic rings. The van der Waals surface area contributed by atoms with E-state index in [2.05, 4.69) is 15.0 Å². The highest BCUT2D eigenvalue weighted by Gasteiger charge is 2.09. The van der Waals surface area contributed by atoms with Crippen molar-refractivity contribution in [2.75, 3.05) is 5.73 Å². The summed E-state index contributed by atoms with van der Waals surface area (Å²) in [6, 6.07) is 11.7. The molecule has 0 radical (unpaired) electrons. The van der Waals surface area contributed by atoms with E-state index in [9.17, 15) is 0 Å². The average molecular weight is 251 g/mol. The van der Waals surface area contributed by atoms with E-state index >= 15 is 0 Å². The van der Waals surface area contributed by atoms with Crippen molar-refractivity contribution in [3.05, 3.63) is 48.9 Å². The first kappa shape index (κ1) is 11.4. The molecule has 0 unspecified atom stereocenters. The maximum absolute atomic E-state index is 5.87. The second-order valence-corrected chi connectivity index (χ2v) is 4.26. The van der Waals surface area contributed by atoms with E-state index in [-0.39, 0.29) is 0 Å². The van der Waals surface area contributed by atoms with Crippen LogP contribution in [0.3, 0.4) is 0 Å². The van der Waals surface area contributed by atoms with Crippen LogP contribution in [0.4, 0.5) is 5.82 Å². The highest BCUT2D eigenvalue weighted by Crippen LogP contribution is 2.22. The molecule has 0 atom stereocenters. The monoisotopic (exact) mass is 251 g/mol. The minimum absolute atomic E-state index is 0.449. The number of imidazole rings is 1. The first-order chi connectivity index (χ1) is 9.24. The lowest BCUT2D eigenvalue weighted by atomic mass is 10.1. The fraction of sp³-hybridized carbons (Fsp3) is 0.0714. The Kier molecular flexibility index (Phi) is 2.72. The molecule has 3 rings (SSSR count). The van der Waals surface area contributed by atoms with Crippen LogP contribution in [0.1, 0.15) is 0 Å². The van der Waals surface area contributed by atoms with Gasteiger partial charge in [0.05, 0.1) is 18.2 Å². The lowest BCUT2D eigenvalue weighted by molar-refractivity contribution is 0.909. The first-order valence-corrected chi connectivity index (χ1v) is 5.91. The Hall–Kier alpha value is -2.69. The summed E-state index contributed by atoms with van der Waals surface area (Å²) in [5, 5.41) is 0. The fourth-order valence-corrected chi connectivity index (χ4v) is 1.91. The minimum Gasteiger partial charge on any atom is -0.384 e. The number of nitrogens with zero attached hydrogens (tertiary/aromatic N) is 4. The molecule has 19 heavy (non-hydrogen) atoms. The summed E-state index contributed by atoms with van der Waals surface area (Å²) >= 11 is 0. The van der Waals surface area contributed by atoms with Crippen molar-refractivity contribution in [1.82, 2.24) is 19.5 Å². The molecule has 0 aliphatic carbocycles. The van der Waals surface area contributed by atoms with Crippen LogP contribution >= 0.6 is 0 Å². The molecule has 94 valence electrons. The maximum Gasteiger partial charge on any atom is 0.180 e. The number of hydrogen-bond acceptors (Lipinski definition) is 4. The Balaban J connectivity index is 2.14. The van der Waals surface area contributed by atoms with Gasteiger partial charge in [-0.25, -0.2) is 15.0 Å². The smallest absolute Gasteiger partial charge is 0.180 e. The van der Waals surface area contributed by atoms with Gasteiger partial charge in [-0.2, -0.15) is 0 Å². The lowest BCUT2D eigenvalue weighted by Gasteiger charge is -2.06. The van der Waals surface area contributed by atoms with Crippen molar-refractivity contribution in [3.63, 3.8) is 0 Å². The number of benzene rings is 1. The SMILES string of the molecule is Cn1cncc1-c1nc(N)cc(-c2ccccc2)n1. The third-order valence-electron chi connectivity index (χ3n) is 2.86. The summed E-state index contributed by atoms with van der Waals surface area (Å²) in [6.45, 7) is 0. The molecular formula is C14H13N5. The molecule has 0 bridgehead atoms. The van der Waals surface area contributed by atoms with E-state index in [0.717, 1.165) is 17.0 Å². The molecule has 5 nitrogen and oxygen atoms in total. The number of aryl methyl sites for hydroxylation is 1. The van der Waals surface area contributed by atoms with Crippen molar-refractivity contribution < 1.29 is 0 Å². The summed E-state index contributed by atoms with van der Waals surface area (Å²) in [7, 11) is 1.90. The van der Waals surface area contributed by atoms with Crippen LogP contribution in [0.2, 0.25) is 0 Å². The summed E-state index contributed by atoms with van der Waals surface area (Å²) in [6.07, 6.45) is 3.44. The molecule has 0 saturated carbocycles. The normalized spacial score (nSPS) is 10.6. The number of aromatic nitrogens is 4. The Morgan fingerprint density at radius 1 is 1.11 bits per heavy atom. The topological polar surface area (TPSA) is 69.6 Å². The zero-order valence-electron chi connectivity index (χ0n) is 10.5.